The minimum Gasteiger partial charge on any atom is -0.481 e. The number of nitrogens with zero attached hydrogens (tertiary/aromatic N) is 2. The Morgan fingerprint density at radius 3 is 2.67 bits per heavy atom. The van der Waals surface area contributed by atoms with Crippen LogP contribution in [0.3, 0.4) is 0 Å². The van der Waals surface area contributed by atoms with Crippen molar-refractivity contribution in [3.8, 4) is 0 Å². The molecule has 0 saturated heterocycles. The zero-order valence-corrected chi connectivity index (χ0v) is 10.3. The van der Waals surface area contributed by atoms with Gasteiger partial charge in [0.15, 0.2) is 0 Å². The van der Waals surface area contributed by atoms with Gasteiger partial charge in [0.05, 0.1) is 0 Å². The molecule has 1 aromatic rings. The van der Waals surface area contributed by atoms with Crippen molar-refractivity contribution in [2.24, 2.45) is 0 Å². The molecule has 0 atom stereocenters. The second-order valence-electron chi connectivity index (χ2n) is 3.93. The molecular weight excluding hydrogens is 234 g/mol. The summed E-state index contributed by atoms with van der Waals surface area (Å²) in [6, 6.07) is 3.44. The molecule has 0 bridgehead atoms. The van der Waals surface area contributed by atoms with Crippen molar-refractivity contribution < 1.29 is 14.7 Å². The number of carboxylic acid groups (broad SMARTS) is 1. The molecule has 0 aliphatic carbocycles. The van der Waals surface area contributed by atoms with Gasteiger partial charge in [0.2, 0.25) is 0 Å². The van der Waals surface area contributed by atoms with E-state index in [4.69, 9.17) is 5.11 Å². The molecule has 0 unspecified atom stereocenters. The maximum absolute atomic E-state index is 11.6. The van der Waals surface area contributed by atoms with Gasteiger partial charge < -0.3 is 15.3 Å². The predicted octanol–water partition coefficient (Wildman–Crippen LogP) is 1.09. The van der Waals surface area contributed by atoms with E-state index in [2.05, 4.69) is 10.3 Å². The molecule has 0 aromatic carbocycles. The molecule has 6 nitrogen and oxygen atoms in total. The number of amides is 2. The molecule has 6 heteroatoms. The lowest BCUT2D eigenvalue weighted by Crippen LogP contribution is -2.37. The van der Waals surface area contributed by atoms with E-state index in [1.54, 1.807) is 19.4 Å². The van der Waals surface area contributed by atoms with Gasteiger partial charge >= 0.3 is 12.0 Å². The predicted molar refractivity (Wildman–Crippen MR) is 66.0 cm³/mol. The Morgan fingerprint density at radius 2 is 2.06 bits per heavy atom. The first kappa shape index (κ1) is 14.0. The Balaban J connectivity index is 2.25. The van der Waals surface area contributed by atoms with Crippen molar-refractivity contribution >= 4 is 12.0 Å². The number of hydrogen-bond acceptors (Lipinski definition) is 3. The first-order chi connectivity index (χ1) is 8.59. The van der Waals surface area contributed by atoms with Gasteiger partial charge in [-0.3, -0.25) is 9.78 Å². The lowest BCUT2D eigenvalue weighted by molar-refractivity contribution is -0.137. The second-order valence-corrected chi connectivity index (χ2v) is 3.93. The SMILES string of the molecule is CN(CCCC(=O)O)C(=O)NCc1ccncc1. The van der Waals surface area contributed by atoms with Gasteiger partial charge in [0, 0.05) is 39.0 Å². The van der Waals surface area contributed by atoms with Crippen LogP contribution in [0.2, 0.25) is 0 Å². The molecule has 2 N–H and O–H groups in total. The summed E-state index contributed by atoms with van der Waals surface area (Å²) in [4.78, 5) is 27.3. The number of carbonyl (C=O) groups is 2. The zero-order valence-electron chi connectivity index (χ0n) is 10.3. The Bertz CT molecular complexity index is 395. The van der Waals surface area contributed by atoms with Gasteiger partial charge in [-0.15, -0.1) is 0 Å². The lowest BCUT2D eigenvalue weighted by atomic mass is 10.3. The smallest absolute Gasteiger partial charge is 0.317 e. The molecule has 1 rings (SSSR count). The summed E-state index contributed by atoms with van der Waals surface area (Å²) in [5.41, 5.74) is 0.970. The minimum atomic E-state index is -0.847. The van der Waals surface area contributed by atoms with Crippen LogP contribution in [0, 0.1) is 0 Å². The lowest BCUT2D eigenvalue weighted by Gasteiger charge is -2.17. The Kier molecular flexibility index (Phi) is 5.63. The second kappa shape index (κ2) is 7.26. The van der Waals surface area contributed by atoms with Crippen molar-refractivity contribution in [2.45, 2.75) is 19.4 Å². The van der Waals surface area contributed by atoms with E-state index in [-0.39, 0.29) is 12.5 Å². The van der Waals surface area contributed by atoms with Crippen LogP contribution < -0.4 is 5.32 Å². The Morgan fingerprint density at radius 1 is 1.39 bits per heavy atom. The average molecular weight is 251 g/mol. The number of nitrogens with one attached hydrogen (secondary N) is 1. The number of aromatic nitrogens is 1. The Hall–Kier alpha value is -2.11. The van der Waals surface area contributed by atoms with Crippen LogP contribution in [0.5, 0.6) is 0 Å². The van der Waals surface area contributed by atoms with Gasteiger partial charge in [-0.2, -0.15) is 0 Å². The van der Waals surface area contributed by atoms with Crippen molar-refractivity contribution in [2.75, 3.05) is 13.6 Å². The first-order valence-electron chi connectivity index (χ1n) is 5.69. The molecule has 0 fully saturated rings. The number of pyridine rings is 1. The highest BCUT2D eigenvalue weighted by molar-refractivity contribution is 5.73. The Labute approximate surface area is 106 Å². The average Bonchev–Trinajstić information content (AvgIpc) is 2.36. The first-order valence-corrected chi connectivity index (χ1v) is 5.69. The van der Waals surface area contributed by atoms with Gasteiger partial charge in [-0.05, 0) is 24.1 Å². The summed E-state index contributed by atoms with van der Waals surface area (Å²) >= 11 is 0. The maximum Gasteiger partial charge on any atom is 0.317 e. The molecule has 18 heavy (non-hydrogen) atoms. The molecule has 0 saturated carbocycles. The van der Waals surface area contributed by atoms with Crippen LogP contribution in [0.25, 0.3) is 0 Å². The van der Waals surface area contributed by atoms with Crippen LogP contribution in [0.1, 0.15) is 18.4 Å². The highest BCUT2D eigenvalue weighted by atomic mass is 16.4. The number of aliphatic carboxylic acids is 1. The molecule has 0 aliphatic rings. The van der Waals surface area contributed by atoms with E-state index in [1.807, 2.05) is 12.1 Å². The van der Waals surface area contributed by atoms with Crippen molar-refractivity contribution in [3.63, 3.8) is 0 Å². The third kappa shape index (κ3) is 5.29. The summed E-state index contributed by atoms with van der Waals surface area (Å²) in [6.07, 6.45) is 3.85. The van der Waals surface area contributed by atoms with Crippen LogP contribution in [-0.4, -0.2) is 40.6 Å². The molecule has 2 amide bonds. The number of urea groups is 1. The number of carbonyl (C=O) groups excluding carboxylic acids is 1. The fourth-order valence-electron chi connectivity index (χ4n) is 1.38. The number of carboxylic acids is 1. The minimum absolute atomic E-state index is 0.0714. The summed E-state index contributed by atoms with van der Waals surface area (Å²) in [6.45, 7) is 0.860. The van der Waals surface area contributed by atoms with E-state index in [9.17, 15) is 9.59 Å². The largest absolute Gasteiger partial charge is 0.481 e. The van der Waals surface area contributed by atoms with Gasteiger partial charge in [0.25, 0.3) is 0 Å². The van der Waals surface area contributed by atoms with Crippen LogP contribution >= 0.6 is 0 Å². The maximum atomic E-state index is 11.6. The van der Waals surface area contributed by atoms with Gasteiger partial charge in [-0.25, -0.2) is 4.79 Å². The van der Waals surface area contributed by atoms with Crippen LogP contribution in [-0.2, 0) is 11.3 Å². The summed E-state index contributed by atoms with van der Waals surface area (Å²) < 4.78 is 0. The van der Waals surface area contributed by atoms with Gasteiger partial charge in [0.1, 0.15) is 0 Å². The highest BCUT2D eigenvalue weighted by Gasteiger charge is 2.08. The van der Waals surface area contributed by atoms with Crippen molar-refractivity contribution in [1.29, 1.82) is 0 Å². The fraction of sp³-hybridized carbons (Fsp3) is 0.417. The molecule has 0 radical (unpaired) electrons. The number of hydrogen-bond donors (Lipinski definition) is 2. The standard InChI is InChI=1S/C12H17N3O3/c1-15(8-2-3-11(16)17)12(18)14-9-10-4-6-13-7-5-10/h4-7H,2-3,8-9H2,1H3,(H,14,18)(H,16,17). The van der Waals surface area contributed by atoms with Crippen molar-refractivity contribution in [3.05, 3.63) is 30.1 Å². The van der Waals surface area contributed by atoms with E-state index in [0.717, 1.165) is 5.56 Å². The van der Waals surface area contributed by atoms with E-state index < -0.39 is 5.97 Å². The molecule has 0 spiro atoms. The van der Waals surface area contributed by atoms with E-state index >= 15 is 0 Å². The normalized spacial score (nSPS) is 9.83. The highest BCUT2D eigenvalue weighted by Crippen LogP contribution is 1.97. The third-order valence-electron chi connectivity index (χ3n) is 2.42. The molecule has 1 heterocycles. The number of rotatable bonds is 6. The van der Waals surface area contributed by atoms with E-state index in [0.29, 0.717) is 19.5 Å². The fourth-order valence-corrected chi connectivity index (χ4v) is 1.38. The topological polar surface area (TPSA) is 82.5 Å². The summed E-state index contributed by atoms with van der Waals surface area (Å²) in [7, 11) is 1.64. The molecular formula is C12H17N3O3. The zero-order chi connectivity index (χ0) is 13.4. The third-order valence-corrected chi connectivity index (χ3v) is 2.42. The quantitative estimate of drug-likeness (QED) is 0.792. The van der Waals surface area contributed by atoms with Crippen molar-refractivity contribution in [1.82, 2.24) is 15.2 Å². The van der Waals surface area contributed by atoms with Crippen LogP contribution in [0.4, 0.5) is 4.79 Å². The monoisotopic (exact) mass is 251 g/mol. The molecule has 0 aliphatic heterocycles. The van der Waals surface area contributed by atoms with Gasteiger partial charge in [-0.1, -0.05) is 0 Å². The van der Waals surface area contributed by atoms with E-state index in [1.165, 1.54) is 4.90 Å². The molecule has 1 aromatic heterocycles. The van der Waals surface area contributed by atoms with Crippen LogP contribution in [0.15, 0.2) is 24.5 Å². The summed E-state index contributed by atoms with van der Waals surface area (Å²) in [5.74, 6) is -0.847. The summed E-state index contributed by atoms with van der Waals surface area (Å²) in [5, 5.41) is 11.2. The molecule has 98 valence electrons.